The first kappa shape index (κ1) is 14.3. The van der Waals surface area contributed by atoms with Gasteiger partial charge in [-0.3, -0.25) is 0 Å². The molecule has 0 aromatic heterocycles. The van der Waals surface area contributed by atoms with Crippen molar-refractivity contribution < 1.29 is 13.2 Å². The van der Waals surface area contributed by atoms with Gasteiger partial charge >= 0.3 is 6.03 Å². The minimum absolute atomic E-state index is 0.0253. The lowest BCUT2D eigenvalue weighted by atomic mass is 10.0. The molecule has 2 amide bonds. The van der Waals surface area contributed by atoms with Gasteiger partial charge < -0.3 is 10.2 Å². The Hall–Kier alpha value is -0.780. The number of rotatable bonds is 4. The van der Waals surface area contributed by atoms with Crippen molar-refractivity contribution in [1.29, 1.82) is 0 Å². The third kappa shape index (κ3) is 4.53. The number of hydrogen-bond donors (Lipinski definition) is 1. The van der Waals surface area contributed by atoms with Crippen LogP contribution in [0, 0.1) is 0 Å². The van der Waals surface area contributed by atoms with Gasteiger partial charge in [0.25, 0.3) is 0 Å². The predicted molar refractivity (Wildman–Crippen MR) is 67.7 cm³/mol. The molecule has 1 saturated heterocycles. The summed E-state index contributed by atoms with van der Waals surface area (Å²) in [6.45, 7) is 4.62. The summed E-state index contributed by atoms with van der Waals surface area (Å²) in [6, 6.07) is 0.120. The van der Waals surface area contributed by atoms with E-state index in [1.54, 1.807) is 11.8 Å². The second kappa shape index (κ2) is 6.23. The lowest BCUT2D eigenvalue weighted by Gasteiger charge is -2.33. The van der Waals surface area contributed by atoms with E-state index in [4.69, 9.17) is 0 Å². The summed E-state index contributed by atoms with van der Waals surface area (Å²) in [5.74, 6) is 0.153. The SMILES string of the molecule is CCS(=O)(=O)CCNC(=O)N1CCCCC1C. The van der Waals surface area contributed by atoms with E-state index in [-0.39, 0.29) is 30.1 Å². The molecule has 1 unspecified atom stereocenters. The number of likely N-dealkylation sites (tertiary alicyclic amines) is 1. The second-order valence-electron chi connectivity index (χ2n) is 4.51. The van der Waals surface area contributed by atoms with E-state index < -0.39 is 9.84 Å². The van der Waals surface area contributed by atoms with Crippen LogP contribution >= 0.6 is 0 Å². The van der Waals surface area contributed by atoms with Crippen LogP contribution < -0.4 is 5.32 Å². The van der Waals surface area contributed by atoms with E-state index in [2.05, 4.69) is 5.32 Å². The van der Waals surface area contributed by atoms with E-state index in [0.717, 1.165) is 25.8 Å². The van der Waals surface area contributed by atoms with Gasteiger partial charge in [-0.25, -0.2) is 13.2 Å². The van der Waals surface area contributed by atoms with Gasteiger partial charge in [0.05, 0.1) is 5.75 Å². The first-order valence-electron chi connectivity index (χ1n) is 6.21. The van der Waals surface area contributed by atoms with E-state index in [1.165, 1.54) is 0 Å². The number of carbonyl (C=O) groups is 1. The topological polar surface area (TPSA) is 66.5 Å². The van der Waals surface area contributed by atoms with Crippen LogP contribution in [0.15, 0.2) is 0 Å². The normalized spacial score (nSPS) is 21.3. The third-order valence-electron chi connectivity index (χ3n) is 3.19. The lowest BCUT2D eigenvalue weighted by molar-refractivity contribution is 0.159. The number of piperidine rings is 1. The molecular formula is C11H22N2O3S. The second-order valence-corrected chi connectivity index (χ2v) is 6.98. The van der Waals surface area contributed by atoms with E-state index >= 15 is 0 Å². The molecule has 1 rings (SSSR count). The molecule has 1 aliphatic heterocycles. The van der Waals surface area contributed by atoms with Crippen LogP contribution in [0.1, 0.15) is 33.1 Å². The average Bonchev–Trinajstić information content (AvgIpc) is 2.29. The van der Waals surface area contributed by atoms with Crippen LogP contribution in [0.3, 0.4) is 0 Å². The summed E-state index contributed by atoms with van der Waals surface area (Å²) >= 11 is 0. The van der Waals surface area contributed by atoms with Crippen molar-refractivity contribution in [2.75, 3.05) is 24.6 Å². The quantitative estimate of drug-likeness (QED) is 0.822. The zero-order chi connectivity index (χ0) is 12.9. The molecule has 0 aromatic carbocycles. The Morgan fingerprint density at radius 1 is 1.41 bits per heavy atom. The maximum atomic E-state index is 11.8. The zero-order valence-electron chi connectivity index (χ0n) is 10.6. The number of amides is 2. The Labute approximate surface area is 103 Å². The summed E-state index contributed by atoms with van der Waals surface area (Å²) in [7, 11) is -2.99. The first-order valence-corrected chi connectivity index (χ1v) is 8.03. The van der Waals surface area contributed by atoms with E-state index in [1.807, 2.05) is 6.92 Å². The van der Waals surface area contributed by atoms with Gasteiger partial charge in [-0.1, -0.05) is 6.92 Å². The van der Waals surface area contributed by atoms with Crippen LogP contribution in [-0.2, 0) is 9.84 Å². The van der Waals surface area contributed by atoms with Crippen LogP contribution in [-0.4, -0.2) is 50.0 Å². The van der Waals surface area contributed by atoms with Crippen LogP contribution in [0.25, 0.3) is 0 Å². The molecular weight excluding hydrogens is 240 g/mol. The molecule has 1 fully saturated rings. The summed E-state index contributed by atoms with van der Waals surface area (Å²) in [4.78, 5) is 13.6. The molecule has 1 atom stereocenters. The van der Waals surface area contributed by atoms with Gasteiger partial charge in [-0.15, -0.1) is 0 Å². The van der Waals surface area contributed by atoms with Crippen molar-refractivity contribution in [1.82, 2.24) is 10.2 Å². The minimum Gasteiger partial charge on any atom is -0.337 e. The number of sulfone groups is 1. The van der Waals surface area contributed by atoms with Crippen LogP contribution in [0.4, 0.5) is 4.79 Å². The number of nitrogens with one attached hydrogen (secondary N) is 1. The summed E-state index contributed by atoms with van der Waals surface area (Å²) in [6.07, 6.45) is 3.22. The molecule has 1 heterocycles. The molecule has 0 bridgehead atoms. The fourth-order valence-electron chi connectivity index (χ4n) is 1.96. The highest BCUT2D eigenvalue weighted by atomic mass is 32.2. The Morgan fingerprint density at radius 3 is 2.71 bits per heavy atom. The fourth-order valence-corrected chi connectivity index (χ4v) is 2.66. The average molecular weight is 262 g/mol. The number of nitrogens with zero attached hydrogens (tertiary/aromatic N) is 1. The van der Waals surface area contributed by atoms with Gasteiger partial charge in [0, 0.05) is 24.9 Å². The van der Waals surface area contributed by atoms with Crippen molar-refractivity contribution in [2.45, 2.75) is 39.2 Å². The molecule has 17 heavy (non-hydrogen) atoms. The molecule has 1 N–H and O–H groups in total. The molecule has 5 nitrogen and oxygen atoms in total. The third-order valence-corrected chi connectivity index (χ3v) is 4.90. The Bertz CT molecular complexity index is 354. The monoisotopic (exact) mass is 262 g/mol. The van der Waals surface area contributed by atoms with E-state index in [9.17, 15) is 13.2 Å². The maximum Gasteiger partial charge on any atom is 0.317 e. The molecule has 0 aliphatic carbocycles. The van der Waals surface area contributed by atoms with Gasteiger partial charge in [0.2, 0.25) is 0 Å². The van der Waals surface area contributed by atoms with Gasteiger partial charge in [-0.2, -0.15) is 0 Å². The Balaban J connectivity index is 2.34. The zero-order valence-corrected chi connectivity index (χ0v) is 11.4. The highest BCUT2D eigenvalue weighted by molar-refractivity contribution is 7.91. The molecule has 100 valence electrons. The van der Waals surface area contributed by atoms with Crippen molar-refractivity contribution in [3.05, 3.63) is 0 Å². The summed E-state index contributed by atoms with van der Waals surface area (Å²) < 4.78 is 22.5. The first-order chi connectivity index (χ1) is 7.96. The van der Waals surface area contributed by atoms with Gasteiger partial charge in [0.15, 0.2) is 9.84 Å². The Morgan fingerprint density at radius 2 is 2.12 bits per heavy atom. The summed E-state index contributed by atoms with van der Waals surface area (Å²) in [5, 5.41) is 2.68. The molecule has 0 saturated carbocycles. The molecule has 1 aliphatic rings. The van der Waals surface area contributed by atoms with Crippen LogP contribution in [0.5, 0.6) is 0 Å². The fraction of sp³-hybridized carbons (Fsp3) is 0.909. The largest absolute Gasteiger partial charge is 0.337 e. The van der Waals surface area contributed by atoms with Crippen LogP contribution in [0.2, 0.25) is 0 Å². The summed E-state index contributed by atoms with van der Waals surface area (Å²) in [5.41, 5.74) is 0. The molecule has 0 aromatic rings. The van der Waals surface area contributed by atoms with Gasteiger partial charge in [-0.05, 0) is 26.2 Å². The Kier molecular flexibility index (Phi) is 5.24. The number of carbonyl (C=O) groups excluding carboxylic acids is 1. The van der Waals surface area contributed by atoms with Gasteiger partial charge in [0.1, 0.15) is 0 Å². The highest BCUT2D eigenvalue weighted by Gasteiger charge is 2.22. The number of urea groups is 1. The lowest BCUT2D eigenvalue weighted by Crippen LogP contribution is -2.48. The molecule has 0 spiro atoms. The van der Waals surface area contributed by atoms with Crippen molar-refractivity contribution in [2.24, 2.45) is 0 Å². The smallest absolute Gasteiger partial charge is 0.317 e. The van der Waals surface area contributed by atoms with Crippen molar-refractivity contribution in [3.8, 4) is 0 Å². The standard InChI is InChI=1S/C11H22N2O3S/c1-3-17(15,16)9-7-12-11(14)13-8-5-4-6-10(13)2/h10H,3-9H2,1-2H3,(H,12,14). The predicted octanol–water partition coefficient (Wildman–Crippen LogP) is 1.01. The highest BCUT2D eigenvalue weighted by Crippen LogP contribution is 2.15. The van der Waals surface area contributed by atoms with E-state index in [0.29, 0.717) is 0 Å². The van der Waals surface area contributed by atoms with Crippen molar-refractivity contribution in [3.63, 3.8) is 0 Å². The molecule has 0 radical (unpaired) electrons. The molecule has 6 heteroatoms. The minimum atomic E-state index is -2.99. The number of hydrogen-bond acceptors (Lipinski definition) is 3. The van der Waals surface area contributed by atoms with Crippen molar-refractivity contribution >= 4 is 15.9 Å². The maximum absolute atomic E-state index is 11.8.